The van der Waals surface area contributed by atoms with Gasteiger partial charge in [0.1, 0.15) is 23.1 Å². The Morgan fingerprint density at radius 1 is 0.966 bits per heavy atom. The third-order valence-corrected chi connectivity index (χ3v) is 5.40. The fraction of sp³-hybridized carbons (Fsp3) is 0.304. The predicted octanol–water partition coefficient (Wildman–Crippen LogP) is 4.78. The van der Waals surface area contributed by atoms with Gasteiger partial charge in [-0.25, -0.2) is 8.78 Å². The van der Waals surface area contributed by atoms with E-state index in [1.807, 2.05) is 36.5 Å². The van der Waals surface area contributed by atoms with Crippen molar-refractivity contribution in [1.82, 2.24) is 9.47 Å². The molecule has 0 aliphatic carbocycles. The minimum absolute atomic E-state index is 0.349. The summed E-state index contributed by atoms with van der Waals surface area (Å²) < 4.78 is 41.7. The van der Waals surface area contributed by atoms with E-state index >= 15 is 0 Å². The fourth-order valence-electron chi connectivity index (χ4n) is 4.08. The second-order valence-corrected chi connectivity index (χ2v) is 7.24. The number of hydrogen-bond donors (Lipinski definition) is 0. The molecule has 6 heteroatoms. The molecule has 1 atom stereocenters. The third-order valence-electron chi connectivity index (χ3n) is 5.40. The highest BCUT2D eigenvalue weighted by atomic mass is 19.1. The van der Waals surface area contributed by atoms with E-state index < -0.39 is 11.6 Å². The molecule has 0 saturated carbocycles. The van der Waals surface area contributed by atoms with Gasteiger partial charge in [0.25, 0.3) is 0 Å². The van der Waals surface area contributed by atoms with Crippen LogP contribution in [0.5, 0.6) is 11.5 Å². The first-order chi connectivity index (χ1) is 14.1. The minimum Gasteiger partial charge on any atom is -0.497 e. The van der Waals surface area contributed by atoms with Crippen LogP contribution in [0.2, 0.25) is 0 Å². The lowest BCUT2D eigenvalue weighted by Gasteiger charge is -2.31. The van der Waals surface area contributed by atoms with Crippen LogP contribution in [-0.2, 0) is 13.1 Å². The van der Waals surface area contributed by atoms with Crippen molar-refractivity contribution in [1.29, 1.82) is 0 Å². The molecule has 3 aromatic rings. The molecule has 0 amide bonds. The Kier molecular flexibility index (Phi) is 5.53. The number of aryl methyl sites for hydroxylation is 1. The molecule has 0 bridgehead atoms. The van der Waals surface area contributed by atoms with Gasteiger partial charge in [0.05, 0.1) is 20.3 Å². The first-order valence-electron chi connectivity index (χ1n) is 9.65. The van der Waals surface area contributed by atoms with Crippen LogP contribution in [0.15, 0.2) is 54.7 Å². The molecule has 0 fully saturated rings. The zero-order valence-electron chi connectivity index (χ0n) is 16.6. The number of hydrogen-bond acceptors (Lipinski definition) is 3. The number of fused-ring (bicyclic) bond motifs is 1. The van der Waals surface area contributed by atoms with Gasteiger partial charge in [-0.15, -0.1) is 0 Å². The zero-order valence-corrected chi connectivity index (χ0v) is 16.6. The lowest BCUT2D eigenvalue weighted by Crippen LogP contribution is -2.30. The Balaban J connectivity index is 1.77. The highest BCUT2D eigenvalue weighted by Crippen LogP contribution is 2.35. The number of halogens is 2. The highest BCUT2D eigenvalue weighted by Gasteiger charge is 2.30. The molecule has 0 saturated heterocycles. The average Bonchev–Trinajstić information content (AvgIpc) is 3.11. The molecule has 2 heterocycles. The average molecular weight is 398 g/mol. The summed E-state index contributed by atoms with van der Waals surface area (Å²) in [7, 11) is 3.23. The molecule has 1 aromatic heterocycles. The van der Waals surface area contributed by atoms with Crippen LogP contribution >= 0.6 is 0 Å². The molecule has 4 rings (SSSR count). The number of rotatable bonds is 5. The quantitative estimate of drug-likeness (QED) is 0.619. The number of methoxy groups -OCH3 is 2. The van der Waals surface area contributed by atoms with Crippen molar-refractivity contribution in [3.8, 4) is 11.5 Å². The summed E-state index contributed by atoms with van der Waals surface area (Å²) in [5.74, 6) is 0.558. The van der Waals surface area contributed by atoms with Crippen LogP contribution in [-0.4, -0.2) is 30.2 Å². The molecular formula is C23H24F2N2O2. The van der Waals surface area contributed by atoms with E-state index in [0.29, 0.717) is 23.6 Å². The fourth-order valence-corrected chi connectivity index (χ4v) is 4.08. The van der Waals surface area contributed by atoms with Crippen LogP contribution in [0.4, 0.5) is 8.78 Å². The second-order valence-electron chi connectivity index (χ2n) is 7.24. The normalized spacial score (nSPS) is 16.9. The van der Waals surface area contributed by atoms with E-state index in [1.54, 1.807) is 14.2 Å². The summed E-state index contributed by atoms with van der Waals surface area (Å²) in [6.07, 6.45) is 2.91. The molecule has 1 aliphatic heterocycles. The van der Waals surface area contributed by atoms with Crippen LogP contribution in [0.3, 0.4) is 0 Å². The molecule has 0 radical (unpaired) electrons. The summed E-state index contributed by atoms with van der Waals surface area (Å²) in [4.78, 5) is 2.19. The number of aromatic nitrogens is 1. The van der Waals surface area contributed by atoms with Crippen molar-refractivity contribution in [2.45, 2.75) is 25.6 Å². The van der Waals surface area contributed by atoms with Gasteiger partial charge in [0, 0.05) is 43.2 Å². The van der Waals surface area contributed by atoms with Crippen molar-refractivity contribution in [3.63, 3.8) is 0 Å². The molecule has 4 nitrogen and oxygen atoms in total. The Bertz CT molecular complexity index is 980. The smallest absolute Gasteiger partial charge is 0.128 e. The monoisotopic (exact) mass is 398 g/mol. The topological polar surface area (TPSA) is 26.6 Å². The van der Waals surface area contributed by atoms with E-state index in [-0.39, 0.29) is 6.04 Å². The van der Waals surface area contributed by atoms with Gasteiger partial charge in [0.15, 0.2) is 0 Å². The lowest BCUT2D eigenvalue weighted by molar-refractivity contribution is 0.215. The van der Waals surface area contributed by atoms with Gasteiger partial charge in [-0.05, 0) is 54.4 Å². The Hall–Kier alpha value is -2.86. The summed E-state index contributed by atoms with van der Waals surface area (Å²) in [6, 6.07) is 12.9. The van der Waals surface area contributed by atoms with Gasteiger partial charge in [0.2, 0.25) is 0 Å². The van der Waals surface area contributed by atoms with E-state index in [0.717, 1.165) is 36.8 Å². The van der Waals surface area contributed by atoms with Crippen molar-refractivity contribution in [2.24, 2.45) is 0 Å². The molecule has 0 N–H and O–H groups in total. The molecule has 29 heavy (non-hydrogen) atoms. The molecule has 1 unspecified atom stereocenters. The SMILES string of the molecule is COc1cc(CN2CCCn3cccc3C2c2cc(F)ccc2F)cc(OC)c1. The van der Waals surface area contributed by atoms with Gasteiger partial charge in [-0.2, -0.15) is 0 Å². The van der Waals surface area contributed by atoms with Gasteiger partial charge >= 0.3 is 0 Å². The van der Waals surface area contributed by atoms with Crippen molar-refractivity contribution in [2.75, 3.05) is 20.8 Å². The summed E-state index contributed by atoms with van der Waals surface area (Å²) in [6.45, 7) is 2.15. The largest absolute Gasteiger partial charge is 0.497 e. The van der Waals surface area contributed by atoms with Gasteiger partial charge in [-0.3, -0.25) is 4.90 Å². The first-order valence-corrected chi connectivity index (χ1v) is 9.65. The maximum Gasteiger partial charge on any atom is 0.128 e. The maximum atomic E-state index is 14.8. The Labute approximate surface area is 169 Å². The van der Waals surface area contributed by atoms with Crippen molar-refractivity contribution >= 4 is 0 Å². The standard InChI is InChI=1S/C23H24F2N2O2/c1-28-18-11-16(12-19(14-18)29-2)15-27-10-4-9-26-8-3-5-22(26)23(27)20-13-17(24)6-7-21(20)25/h3,5-8,11-14,23H,4,9-10,15H2,1-2H3. The number of benzene rings is 2. The molecule has 152 valence electrons. The molecule has 1 aliphatic rings. The number of ether oxygens (including phenoxy) is 2. The van der Waals surface area contributed by atoms with Crippen molar-refractivity contribution < 1.29 is 18.3 Å². The second kappa shape index (κ2) is 8.25. The van der Waals surface area contributed by atoms with E-state index in [1.165, 1.54) is 12.1 Å². The Morgan fingerprint density at radius 2 is 1.72 bits per heavy atom. The van der Waals surface area contributed by atoms with Gasteiger partial charge < -0.3 is 14.0 Å². The highest BCUT2D eigenvalue weighted by molar-refractivity contribution is 5.39. The molecular weight excluding hydrogens is 374 g/mol. The zero-order chi connectivity index (χ0) is 20.4. The maximum absolute atomic E-state index is 14.8. The molecule has 0 spiro atoms. The summed E-state index contributed by atoms with van der Waals surface area (Å²) in [5, 5.41) is 0. The Morgan fingerprint density at radius 3 is 2.45 bits per heavy atom. The minimum atomic E-state index is -0.438. The van der Waals surface area contributed by atoms with E-state index in [2.05, 4.69) is 9.47 Å². The van der Waals surface area contributed by atoms with Crippen LogP contribution in [0.1, 0.15) is 29.3 Å². The number of nitrogens with zero attached hydrogens (tertiary/aromatic N) is 2. The van der Waals surface area contributed by atoms with E-state index in [9.17, 15) is 8.78 Å². The summed E-state index contributed by atoms with van der Waals surface area (Å²) in [5.41, 5.74) is 2.30. The van der Waals surface area contributed by atoms with E-state index in [4.69, 9.17) is 9.47 Å². The van der Waals surface area contributed by atoms with Crippen LogP contribution in [0.25, 0.3) is 0 Å². The third kappa shape index (κ3) is 3.98. The summed E-state index contributed by atoms with van der Waals surface area (Å²) >= 11 is 0. The van der Waals surface area contributed by atoms with Crippen LogP contribution in [0, 0.1) is 11.6 Å². The molecule has 2 aromatic carbocycles. The predicted molar refractivity (Wildman–Crippen MR) is 107 cm³/mol. The van der Waals surface area contributed by atoms with Gasteiger partial charge in [-0.1, -0.05) is 0 Å². The van der Waals surface area contributed by atoms with Crippen molar-refractivity contribution in [3.05, 3.63) is 83.2 Å². The van der Waals surface area contributed by atoms with Crippen LogP contribution < -0.4 is 9.47 Å². The lowest BCUT2D eigenvalue weighted by atomic mass is 10.00. The first kappa shape index (κ1) is 19.5.